The second-order valence-corrected chi connectivity index (χ2v) is 7.31. The fraction of sp³-hybridized carbons (Fsp3) is 0.286. The molecule has 2 heterocycles. The number of nitrogens with two attached hydrogens (primary N) is 1. The van der Waals surface area contributed by atoms with E-state index in [-0.39, 0.29) is 23.5 Å². The molecule has 0 saturated heterocycles. The summed E-state index contributed by atoms with van der Waals surface area (Å²) >= 11 is 5.94. The van der Waals surface area contributed by atoms with Crippen molar-refractivity contribution in [2.45, 2.75) is 32.4 Å². The number of aromatic nitrogens is 2. The van der Waals surface area contributed by atoms with Crippen molar-refractivity contribution in [1.29, 1.82) is 0 Å². The highest BCUT2D eigenvalue weighted by atomic mass is 35.5. The van der Waals surface area contributed by atoms with Crippen LogP contribution in [0.4, 0.5) is 19.3 Å². The maximum Gasteiger partial charge on any atom is 0.405 e. The van der Waals surface area contributed by atoms with Gasteiger partial charge in [0.15, 0.2) is 5.82 Å². The first kappa shape index (κ1) is 22.5. The highest BCUT2D eigenvalue weighted by Crippen LogP contribution is 2.29. The van der Waals surface area contributed by atoms with Crippen LogP contribution in [0.25, 0.3) is 11.0 Å². The Hall–Kier alpha value is -3.20. The normalized spacial score (nSPS) is 12.9. The van der Waals surface area contributed by atoms with E-state index in [9.17, 15) is 13.6 Å². The third-order valence-corrected chi connectivity index (χ3v) is 4.74. The van der Waals surface area contributed by atoms with Crippen LogP contribution < -0.4 is 15.8 Å². The number of rotatable bonds is 8. The average molecular weight is 451 g/mol. The summed E-state index contributed by atoms with van der Waals surface area (Å²) in [5, 5.41) is 3.31. The van der Waals surface area contributed by atoms with Crippen molar-refractivity contribution < 1.29 is 23.0 Å². The highest BCUT2D eigenvalue weighted by Gasteiger charge is 2.17. The number of nitrogens with one attached hydrogen (secondary N) is 1. The van der Waals surface area contributed by atoms with Gasteiger partial charge in [-0.05, 0) is 44.2 Å². The number of anilines is 1. The van der Waals surface area contributed by atoms with Crippen LogP contribution in [0.1, 0.15) is 31.9 Å². The molecule has 2 unspecified atom stereocenters. The van der Waals surface area contributed by atoms with Crippen LogP contribution in [0, 0.1) is 11.6 Å². The standard InChI is InChI=1S/C21H21ClF2N4O3/c1-11(27-19-15(24)10-26-16-4-6-18(22)28-20(16)19)7-8-30-17-5-3-13(23)9-14(17)12(2)31-21(25)29/h3-6,9-12H,7-8H2,1-2H3,(H2,25,29)(H,26,27). The Morgan fingerprint density at radius 2 is 2.03 bits per heavy atom. The minimum atomic E-state index is -0.971. The molecule has 1 amide bonds. The first-order valence-corrected chi connectivity index (χ1v) is 9.88. The lowest BCUT2D eigenvalue weighted by molar-refractivity contribution is 0.114. The van der Waals surface area contributed by atoms with Gasteiger partial charge in [-0.15, -0.1) is 0 Å². The molecule has 2 aromatic heterocycles. The molecule has 164 valence electrons. The summed E-state index contributed by atoms with van der Waals surface area (Å²) in [6.07, 6.45) is -0.159. The highest BCUT2D eigenvalue weighted by molar-refractivity contribution is 6.29. The number of carbonyl (C=O) groups excluding carboxylic acids is 1. The SMILES string of the molecule is CC(CCOc1ccc(F)cc1C(C)OC(N)=O)Nc1c(F)cnc2ccc(Cl)nc12. The van der Waals surface area contributed by atoms with Crippen LogP contribution >= 0.6 is 11.6 Å². The van der Waals surface area contributed by atoms with Crippen molar-refractivity contribution in [2.24, 2.45) is 5.73 Å². The Labute approximate surface area is 182 Å². The zero-order valence-corrected chi connectivity index (χ0v) is 17.6. The van der Waals surface area contributed by atoms with Crippen LogP contribution in [0.15, 0.2) is 36.5 Å². The summed E-state index contributed by atoms with van der Waals surface area (Å²) in [5.41, 5.74) is 6.43. The van der Waals surface area contributed by atoms with Gasteiger partial charge in [0.2, 0.25) is 0 Å². The van der Waals surface area contributed by atoms with Gasteiger partial charge < -0.3 is 20.5 Å². The molecule has 0 saturated carbocycles. The Morgan fingerprint density at radius 3 is 2.77 bits per heavy atom. The van der Waals surface area contributed by atoms with Gasteiger partial charge in [0, 0.05) is 18.0 Å². The Kier molecular flexibility index (Phi) is 7.06. The van der Waals surface area contributed by atoms with Gasteiger partial charge in [0.05, 0.1) is 18.3 Å². The van der Waals surface area contributed by atoms with E-state index in [1.807, 2.05) is 6.92 Å². The molecule has 0 spiro atoms. The van der Waals surface area contributed by atoms with E-state index in [1.54, 1.807) is 19.1 Å². The van der Waals surface area contributed by atoms with Gasteiger partial charge in [-0.3, -0.25) is 4.98 Å². The maximum absolute atomic E-state index is 14.4. The third kappa shape index (κ3) is 5.69. The number of benzene rings is 1. The van der Waals surface area contributed by atoms with E-state index in [0.29, 0.717) is 28.8 Å². The molecule has 0 aliphatic rings. The monoisotopic (exact) mass is 450 g/mol. The summed E-state index contributed by atoms with van der Waals surface area (Å²) in [6, 6.07) is 6.95. The Balaban J connectivity index is 1.67. The van der Waals surface area contributed by atoms with E-state index in [4.69, 9.17) is 26.8 Å². The maximum atomic E-state index is 14.4. The number of carbonyl (C=O) groups is 1. The number of pyridine rings is 2. The molecule has 0 bridgehead atoms. The third-order valence-electron chi connectivity index (χ3n) is 4.53. The lowest BCUT2D eigenvalue weighted by atomic mass is 10.1. The number of primary amides is 1. The van der Waals surface area contributed by atoms with Gasteiger partial charge in [-0.25, -0.2) is 18.6 Å². The van der Waals surface area contributed by atoms with Gasteiger partial charge in [0.1, 0.15) is 34.0 Å². The molecule has 31 heavy (non-hydrogen) atoms. The van der Waals surface area contributed by atoms with Crippen molar-refractivity contribution in [3.8, 4) is 5.75 Å². The smallest absolute Gasteiger partial charge is 0.405 e. The first-order chi connectivity index (χ1) is 14.7. The van der Waals surface area contributed by atoms with E-state index in [2.05, 4.69) is 15.3 Å². The van der Waals surface area contributed by atoms with Gasteiger partial charge in [-0.2, -0.15) is 0 Å². The summed E-state index contributed by atoms with van der Waals surface area (Å²) in [6.45, 7) is 3.64. The minimum Gasteiger partial charge on any atom is -0.493 e. The van der Waals surface area contributed by atoms with Crippen LogP contribution in [0.2, 0.25) is 5.15 Å². The van der Waals surface area contributed by atoms with Crippen molar-refractivity contribution in [1.82, 2.24) is 9.97 Å². The number of halogens is 3. The number of ether oxygens (including phenoxy) is 2. The minimum absolute atomic E-state index is 0.200. The van der Waals surface area contributed by atoms with E-state index in [1.165, 1.54) is 18.2 Å². The lowest BCUT2D eigenvalue weighted by Gasteiger charge is -2.19. The zero-order chi connectivity index (χ0) is 22.5. The predicted octanol–water partition coefficient (Wildman–Crippen LogP) is 4.99. The van der Waals surface area contributed by atoms with Crippen LogP contribution in [0.3, 0.4) is 0 Å². The number of amides is 1. The second-order valence-electron chi connectivity index (χ2n) is 6.93. The largest absolute Gasteiger partial charge is 0.493 e. The van der Waals surface area contributed by atoms with E-state index >= 15 is 0 Å². The fourth-order valence-corrected chi connectivity index (χ4v) is 3.18. The molecule has 0 fully saturated rings. The second kappa shape index (κ2) is 9.74. The molecule has 3 aromatic rings. The van der Waals surface area contributed by atoms with E-state index in [0.717, 1.165) is 6.20 Å². The molecule has 0 aliphatic carbocycles. The summed E-state index contributed by atoms with van der Waals surface area (Å²) in [5.74, 6) is -0.687. The van der Waals surface area contributed by atoms with E-state index < -0.39 is 23.8 Å². The topological polar surface area (TPSA) is 99.4 Å². The molecular weight excluding hydrogens is 430 g/mol. The lowest BCUT2D eigenvalue weighted by Crippen LogP contribution is -2.20. The van der Waals surface area contributed by atoms with Crippen molar-refractivity contribution in [2.75, 3.05) is 11.9 Å². The van der Waals surface area contributed by atoms with Crippen molar-refractivity contribution in [3.63, 3.8) is 0 Å². The van der Waals surface area contributed by atoms with Gasteiger partial charge >= 0.3 is 6.09 Å². The molecule has 0 radical (unpaired) electrons. The van der Waals surface area contributed by atoms with Crippen LogP contribution in [-0.2, 0) is 4.74 Å². The summed E-state index contributed by atoms with van der Waals surface area (Å²) < 4.78 is 38.7. The molecule has 3 rings (SSSR count). The molecule has 7 nitrogen and oxygen atoms in total. The summed E-state index contributed by atoms with van der Waals surface area (Å²) in [7, 11) is 0. The Morgan fingerprint density at radius 1 is 1.26 bits per heavy atom. The molecule has 3 N–H and O–H groups in total. The number of nitrogens with zero attached hydrogens (tertiary/aromatic N) is 2. The van der Waals surface area contributed by atoms with Crippen LogP contribution in [-0.4, -0.2) is 28.7 Å². The van der Waals surface area contributed by atoms with Gasteiger partial charge in [-0.1, -0.05) is 11.6 Å². The molecule has 0 aliphatic heterocycles. The number of hydrogen-bond acceptors (Lipinski definition) is 6. The van der Waals surface area contributed by atoms with Crippen LogP contribution in [0.5, 0.6) is 5.75 Å². The molecule has 1 aromatic carbocycles. The fourth-order valence-electron chi connectivity index (χ4n) is 3.03. The molecular formula is C21H21ClF2N4O3. The molecule has 2 atom stereocenters. The van der Waals surface area contributed by atoms with Crippen molar-refractivity contribution in [3.05, 3.63) is 58.9 Å². The molecule has 10 heteroatoms. The van der Waals surface area contributed by atoms with Gasteiger partial charge in [0.25, 0.3) is 0 Å². The Bertz CT molecular complexity index is 1090. The van der Waals surface area contributed by atoms with Crippen molar-refractivity contribution >= 4 is 34.4 Å². The zero-order valence-electron chi connectivity index (χ0n) is 16.9. The summed E-state index contributed by atoms with van der Waals surface area (Å²) in [4.78, 5) is 19.2. The number of hydrogen-bond donors (Lipinski definition) is 2. The quantitative estimate of drug-likeness (QED) is 0.469. The predicted molar refractivity (Wildman–Crippen MR) is 113 cm³/mol. The average Bonchev–Trinajstić information content (AvgIpc) is 2.70. The number of fused-ring (bicyclic) bond motifs is 1. The first-order valence-electron chi connectivity index (χ1n) is 9.50.